The lowest BCUT2D eigenvalue weighted by molar-refractivity contribution is -0.167. The highest BCUT2D eigenvalue weighted by atomic mass is 16.6. The van der Waals surface area contributed by atoms with Crippen molar-refractivity contribution in [1.82, 2.24) is 0 Å². The zero-order valence-electron chi connectivity index (χ0n) is 29.1. The third-order valence-electron chi connectivity index (χ3n) is 7.97. The van der Waals surface area contributed by atoms with E-state index in [2.05, 4.69) is 34.6 Å². The molecule has 0 aliphatic heterocycles. The number of unbranched alkanes of at least 4 members (excludes halogenated alkanes) is 16. The fourth-order valence-corrected chi connectivity index (χ4v) is 5.16. The van der Waals surface area contributed by atoms with Gasteiger partial charge in [-0.05, 0) is 31.1 Å². The molecule has 0 saturated heterocycles. The molecule has 0 aliphatic rings. The van der Waals surface area contributed by atoms with E-state index in [1.807, 2.05) is 0 Å². The summed E-state index contributed by atoms with van der Waals surface area (Å²) in [5, 5.41) is 0. The molecular formula is C37H70O6. The summed E-state index contributed by atoms with van der Waals surface area (Å²) < 4.78 is 16.5. The molecule has 0 aromatic rings. The van der Waals surface area contributed by atoms with Gasteiger partial charge in [0, 0.05) is 19.3 Å². The Labute approximate surface area is 266 Å². The van der Waals surface area contributed by atoms with E-state index in [-0.39, 0.29) is 31.1 Å². The summed E-state index contributed by atoms with van der Waals surface area (Å²) in [5.74, 6) is 0.670. The lowest BCUT2D eigenvalue weighted by atomic mass is 10.0. The van der Waals surface area contributed by atoms with Crippen molar-refractivity contribution in [3.05, 3.63) is 0 Å². The molecule has 0 heterocycles. The third-order valence-corrected chi connectivity index (χ3v) is 7.97. The van der Waals surface area contributed by atoms with Crippen LogP contribution in [0.1, 0.15) is 189 Å². The molecule has 0 unspecified atom stereocenters. The maximum atomic E-state index is 12.5. The van der Waals surface area contributed by atoms with Crippen LogP contribution in [-0.4, -0.2) is 37.2 Å². The minimum atomic E-state index is -0.757. The van der Waals surface area contributed by atoms with Crippen molar-refractivity contribution in [3.63, 3.8) is 0 Å². The number of esters is 3. The van der Waals surface area contributed by atoms with E-state index in [4.69, 9.17) is 14.2 Å². The van der Waals surface area contributed by atoms with Crippen molar-refractivity contribution in [2.24, 2.45) is 11.8 Å². The summed E-state index contributed by atoms with van der Waals surface area (Å²) in [6, 6.07) is 0. The molecule has 0 amide bonds. The lowest BCUT2D eigenvalue weighted by Crippen LogP contribution is -2.30. The Balaban J connectivity index is 4.32. The first-order valence-electron chi connectivity index (χ1n) is 18.2. The third kappa shape index (κ3) is 31.6. The van der Waals surface area contributed by atoms with Gasteiger partial charge in [0.25, 0.3) is 0 Å². The molecule has 6 heteroatoms. The van der Waals surface area contributed by atoms with E-state index in [1.54, 1.807) is 0 Å². The first-order chi connectivity index (χ1) is 20.7. The molecule has 0 spiro atoms. The van der Waals surface area contributed by atoms with Crippen LogP contribution in [0.2, 0.25) is 0 Å². The second kappa shape index (κ2) is 30.4. The normalized spacial score (nSPS) is 12.1. The SMILES string of the molecule is CCCCCCCC(=O)OC[C@H](COC(=O)CCCCCCCCCC(C)C)OC(=O)CCCCCCCCCC(C)C. The Hall–Kier alpha value is -1.59. The minimum Gasteiger partial charge on any atom is -0.462 e. The van der Waals surface area contributed by atoms with Crippen LogP contribution < -0.4 is 0 Å². The van der Waals surface area contributed by atoms with Crippen LogP contribution in [0.15, 0.2) is 0 Å². The van der Waals surface area contributed by atoms with Crippen LogP contribution >= 0.6 is 0 Å². The fourth-order valence-electron chi connectivity index (χ4n) is 5.16. The van der Waals surface area contributed by atoms with Gasteiger partial charge in [-0.25, -0.2) is 0 Å². The Morgan fingerprint density at radius 2 is 0.767 bits per heavy atom. The molecule has 0 rings (SSSR count). The zero-order valence-corrected chi connectivity index (χ0v) is 29.1. The largest absolute Gasteiger partial charge is 0.462 e. The van der Waals surface area contributed by atoms with Gasteiger partial charge < -0.3 is 14.2 Å². The maximum absolute atomic E-state index is 12.5. The van der Waals surface area contributed by atoms with Crippen molar-refractivity contribution in [1.29, 1.82) is 0 Å². The highest BCUT2D eigenvalue weighted by Gasteiger charge is 2.19. The summed E-state index contributed by atoms with van der Waals surface area (Å²) in [7, 11) is 0. The molecule has 0 saturated carbocycles. The van der Waals surface area contributed by atoms with Gasteiger partial charge in [-0.15, -0.1) is 0 Å². The molecule has 0 fully saturated rings. The van der Waals surface area contributed by atoms with Crippen LogP contribution in [0.4, 0.5) is 0 Å². The summed E-state index contributed by atoms with van der Waals surface area (Å²) in [6.45, 7) is 11.1. The standard InChI is InChI=1S/C37H70O6/c1-6-7-8-15-22-27-35(38)41-30-34(43-37(40)29-24-19-14-10-12-17-21-26-33(4)5)31-42-36(39)28-23-18-13-9-11-16-20-25-32(2)3/h32-34H,6-31H2,1-5H3/t34-/m1/s1. The number of carbonyl (C=O) groups is 3. The molecule has 6 nitrogen and oxygen atoms in total. The number of ether oxygens (including phenoxy) is 3. The second-order valence-corrected chi connectivity index (χ2v) is 13.5. The van der Waals surface area contributed by atoms with Crippen molar-refractivity contribution < 1.29 is 28.6 Å². The van der Waals surface area contributed by atoms with Gasteiger partial charge in [0.05, 0.1) is 0 Å². The van der Waals surface area contributed by atoms with Gasteiger partial charge >= 0.3 is 17.9 Å². The van der Waals surface area contributed by atoms with Crippen molar-refractivity contribution in [2.75, 3.05) is 13.2 Å². The van der Waals surface area contributed by atoms with Crippen molar-refractivity contribution in [3.8, 4) is 0 Å². The van der Waals surface area contributed by atoms with Crippen LogP contribution in [-0.2, 0) is 28.6 Å². The maximum Gasteiger partial charge on any atom is 0.306 e. The molecule has 254 valence electrons. The average Bonchev–Trinajstić information content (AvgIpc) is 2.96. The quantitative estimate of drug-likeness (QED) is 0.0441. The molecule has 0 aliphatic carbocycles. The van der Waals surface area contributed by atoms with E-state index < -0.39 is 6.10 Å². The molecule has 0 bridgehead atoms. The van der Waals surface area contributed by atoms with Gasteiger partial charge in [-0.3, -0.25) is 14.4 Å². The molecule has 0 N–H and O–H groups in total. The average molecular weight is 611 g/mol. The second-order valence-electron chi connectivity index (χ2n) is 13.5. The zero-order chi connectivity index (χ0) is 32.0. The fraction of sp³-hybridized carbons (Fsp3) is 0.919. The molecule has 0 aromatic heterocycles. The van der Waals surface area contributed by atoms with Gasteiger partial charge in [0.2, 0.25) is 0 Å². The number of rotatable bonds is 31. The molecule has 1 atom stereocenters. The Morgan fingerprint density at radius 3 is 1.14 bits per heavy atom. The van der Waals surface area contributed by atoms with E-state index >= 15 is 0 Å². The first kappa shape index (κ1) is 41.4. The first-order valence-corrected chi connectivity index (χ1v) is 18.2. The van der Waals surface area contributed by atoms with E-state index in [9.17, 15) is 14.4 Å². The summed E-state index contributed by atoms with van der Waals surface area (Å²) in [4.78, 5) is 37.1. The highest BCUT2D eigenvalue weighted by Crippen LogP contribution is 2.15. The smallest absolute Gasteiger partial charge is 0.306 e. The summed E-state index contributed by atoms with van der Waals surface area (Å²) >= 11 is 0. The summed E-state index contributed by atoms with van der Waals surface area (Å²) in [6.07, 6.45) is 24.2. The number of hydrogen-bond donors (Lipinski definition) is 0. The van der Waals surface area contributed by atoms with Gasteiger partial charge in [0.15, 0.2) is 6.10 Å². The van der Waals surface area contributed by atoms with E-state index in [0.29, 0.717) is 19.3 Å². The van der Waals surface area contributed by atoms with Crippen LogP contribution in [0.3, 0.4) is 0 Å². The molecule has 43 heavy (non-hydrogen) atoms. The van der Waals surface area contributed by atoms with Gasteiger partial charge in [-0.1, -0.05) is 150 Å². The minimum absolute atomic E-state index is 0.0689. The molecule has 0 aromatic carbocycles. The Bertz CT molecular complexity index is 659. The predicted octanol–water partition coefficient (Wildman–Crippen LogP) is 10.7. The van der Waals surface area contributed by atoms with Crippen LogP contribution in [0.25, 0.3) is 0 Å². The summed E-state index contributed by atoms with van der Waals surface area (Å²) in [5.41, 5.74) is 0. The predicted molar refractivity (Wildman–Crippen MR) is 178 cm³/mol. The van der Waals surface area contributed by atoms with Crippen LogP contribution in [0, 0.1) is 11.8 Å². The van der Waals surface area contributed by atoms with Crippen LogP contribution in [0.5, 0.6) is 0 Å². The Morgan fingerprint density at radius 1 is 0.442 bits per heavy atom. The lowest BCUT2D eigenvalue weighted by Gasteiger charge is -2.18. The molecular weight excluding hydrogens is 540 g/mol. The van der Waals surface area contributed by atoms with E-state index in [1.165, 1.54) is 70.6 Å². The van der Waals surface area contributed by atoms with Crippen molar-refractivity contribution >= 4 is 17.9 Å². The molecule has 0 radical (unpaired) electrons. The Kier molecular flexibility index (Phi) is 29.3. The number of hydrogen-bond acceptors (Lipinski definition) is 6. The van der Waals surface area contributed by atoms with Gasteiger partial charge in [0.1, 0.15) is 13.2 Å². The number of carbonyl (C=O) groups excluding carboxylic acids is 3. The monoisotopic (exact) mass is 611 g/mol. The van der Waals surface area contributed by atoms with Gasteiger partial charge in [-0.2, -0.15) is 0 Å². The topological polar surface area (TPSA) is 78.9 Å². The van der Waals surface area contributed by atoms with E-state index in [0.717, 1.165) is 76.0 Å². The highest BCUT2D eigenvalue weighted by molar-refractivity contribution is 5.71. The van der Waals surface area contributed by atoms with Crippen molar-refractivity contribution in [2.45, 2.75) is 195 Å².